The minimum atomic E-state index is -0.678. The summed E-state index contributed by atoms with van der Waals surface area (Å²) >= 11 is 2.64. The number of carbonyl (C=O) groups is 3. The van der Waals surface area contributed by atoms with E-state index in [2.05, 4.69) is 10.6 Å². The van der Waals surface area contributed by atoms with E-state index >= 15 is 0 Å². The summed E-state index contributed by atoms with van der Waals surface area (Å²) in [7, 11) is 2.48. The summed E-state index contributed by atoms with van der Waals surface area (Å²) in [5.41, 5.74) is 11.7. The normalized spacial score (nSPS) is 10.8. The van der Waals surface area contributed by atoms with Crippen molar-refractivity contribution in [3.8, 4) is 10.6 Å². The number of fused-ring (bicyclic) bond motifs is 1. The van der Waals surface area contributed by atoms with Gasteiger partial charge >= 0.3 is 11.9 Å². The number of para-hydroxylation sites is 1. The van der Waals surface area contributed by atoms with Gasteiger partial charge in [0.1, 0.15) is 14.9 Å². The maximum atomic E-state index is 13.7. The summed E-state index contributed by atoms with van der Waals surface area (Å²) < 4.78 is 10.6. The largest absolute Gasteiger partial charge is 0.465 e. The highest BCUT2D eigenvalue weighted by atomic mass is 32.1. The minimum absolute atomic E-state index is 0.0727. The van der Waals surface area contributed by atoms with Crippen molar-refractivity contribution in [1.82, 2.24) is 4.98 Å². The fourth-order valence-electron chi connectivity index (χ4n) is 4.20. The Morgan fingerprint density at radius 1 is 0.878 bits per heavy atom. The molecule has 11 heteroatoms. The number of nitrogens with zero attached hydrogens (tertiary/aromatic N) is 1. The van der Waals surface area contributed by atoms with Crippen LogP contribution in [-0.2, 0) is 9.47 Å². The van der Waals surface area contributed by atoms with E-state index in [0.29, 0.717) is 15.6 Å². The fourth-order valence-corrected chi connectivity index (χ4v) is 6.34. The highest BCUT2D eigenvalue weighted by Gasteiger charge is 2.26. The zero-order valence-electron chi connectivity index (χ0n) is 22.7. The molecule has 0 spiro atoms. The zero-order valence-corrected chi connectivity index (χ0v) is 24.3. The number of nitrogens with two attached hydrogens (primary N) is 1. The van der Waals surface area contributed by atoms with Crippen LogP contribution < -0.4 is 16.4 Å². The molecule has 0 bridgehead atoms. The third-order valence-electron chi connectivity index (χ3n) is 6.52. The lowest BCUT2D eigenvalue weighted by molar-refractivity contribution is 0.0587. The van der Waals surface area contributed by atoms with Crippen molar-refractivity contribution in [2.24, 2.45) is 0 Å². The number of aryl methyl sites for hydroxylation is 2. The fraction of sp³-hybridized carbons (Fsp3) is 0.133. The van der Waals surface area contributed by atoms with Gasteiger partial charge in [-0.1, -0.05) is 18.2 Å². The third kappa shape index (κ3) is 5.49. The number of aromatic nitrogens is 1. The Morgan fingerprint density at radius 3 is 2.34 bits per heavy atom. The van der Waals surface area contributed by atoms with E-state index < -0.39 is 17.8 Å². The molecule has 0 saturated heterocycles. The van der Waals surface area contributed by atoms with E-state index in [0.717, 1.165) is 27.0 Å². The first-order valence-electron chi connectivity index (χ1n) is 12.4. The molecule has 1 amide bonds. The van der Waals surface area contributed by atoms with E-state index in [1.54, 1.807) is 0 Å². The molecule has 0 aliphatic carbocycles. The average Bonchev–Trinajstić information content (AvgIpc) is 3.54. The molecule has 0 radical (unpaired) electrons. The van der Waals surface area contributed by atoms with E-state index in [9.17, 15) is 14.4 Å². The minimum Gasteiger partial charge on any atom is -0.465 e. The Kier molecular flexibility index (Phi) is 7.73. The van der Waals surface area contributed by atoms with Crippen LogP contribution in [0.5, 0.6) is 0 Å². The topological polar surface area (TPSA) is 133 Å². The Bertz CT molecular complexity index is 1790. The van der Waals surface area contributed by atoms with Gasteiger partial charge in [-0.15, -0.1) is 22.7 Å². The van der Waals surface area contributed by atoms with Crippen molar-refractivity contribution in [3.63, 3.8) is 0 Å². The van der Waals surface area contributed by atoms with Gasteiger partial charge in [-0.2, -0.15) is 0 Å². The van der Waals surface area contributed by atoms with Gasteiger partial charge in [0.05, 0.1) is 52.5 Å². The average molecular weight is 587 g/mol. The monoisotopic (exact) mass is 586 g/mol. The number of ether oxygens (including phenoxy) is 2. The van der Waals surface area contributed by atoms with Gasteiger partial charge in [-0.3, -0.25) is 4.79 Å². The van der Waals surface area contributed by atoms with Crippen LogP contribution in [-0.4, -0.2) is 37.0 Å². The van der Waals surface area contributed by atoms with Gasteiger partial charge in [0.25, 0.3) is 5.91 Å². The molecule has 0 saturated carbocycles. The van der Waals surface area contributed by atoms with Gasteiger partial charge in [0.15, 0.2) is 0 Å². The molecule has 5 aromatic rings. The van der Waals surface area contributed by atoms with Crippen LogP contribution in [0, 0.1) is 13.8 Å². The smallest absolute Gasteiger partial charge is 0.339 e. The van der Waals surface area contributed by atoms with Crippen LogP contribution in [0.15, 0.2) is 60.7 Å². The number of methoxy groups -OCH3 is 2. The number of thiazole rings is 1. The number of nitrogens with one attached hydrogen (secondary N) is 2. The molecule has 0 aliphatic heterocycles. The van der Waals surface area contributed by atoms with Crippen molar-refractivity contribution < 1.29 is 23.9 Å². The molecule has 208 valence electrons. The predicted octanol–water partition coefficient (Wildman–Crippen LogP) is 6.79. The number of esters is 2. The second kappa shape index (κ2) is 11.4. The van der Waals surface area contributed by atoms with E-state index in [1.165, 1.54) is 55.1 Å². The third-order valence-corrected chi connectivity index (χ3v) is 8.69. The van der Waals surface area contributed by atoms with Crippen molar-refractivity contribution >= 4 is 72.8 Å². The standard InChI is InChI=1S/C30H26N4O5S2/c1-15-9-11-18(13-16(15)2)32-27-23(28-34-20-7-5-6-8-22(20)40-28)24(31)25(41-27)26(35)33-21-14-17(29(36)38-3)10-12-19(21)30(37)39-4/h5-14,32H,31H2,1-4H3,(H,33,35). The Labute approximate surface area is 243 Å². The van der Waals surface area contributed by atoms with Crippen LogP contribution in [0.1, 0.15) is 41.5 Å². The SMILES string of the molecule is COC(=O)c1ccc(C(=O)OC)c(NC(=O)c2sc(Nc3ccc(C)c(C)c3)c(-c3nc4ccccc4s3)c2N)c1. The molecule has 0 unspecified atom stereocenters. The van der Waals surface area contributed by atoms with Crippen LogP contribution in [0.25, 0.3) is 20.8 Å². The molecule has 4 N–H and O–H groups in total. The molecule has 2 heterocycles. The summed E-state index contributed by atoms with van der Waals surface area (Å²) in [6.45, 7) is 4.06. The summed E-state index contributed by atoms with van der Waals surface area (Å²) in [6.07, 6.45) is 0. The molecule has 0 atom stereocenters. The number of hydrogen-bond donors (Lipinski definition) is 3. The molecule has 5 rings (SSSR count). The summed E-state index contributed by atoms with van der Waals surface area (Å²) in [5, 5.41) is 7.47. The number of anilines is 4. The number of benzene rings is 3. The van der Waals surface area contributed by atoms with Crippen molar-refractivity contribution in [2.45, 2.75) is 13.8 Å². The van der Waals surface area contributed by atoms with Gasteiger partial charge in [-0.25, -0.2) is 14.6 Å². The summed E-state index contributed by atoms with van der Waals surface area (Å²) in [4.78, 5) is 43.2. The highest BCUT2D eigenvalue weighted by molar-refractivity contribution is 7.23. The van der Waals surface area contributed by atoms with E-state index in [-0.39, 0.29) is 27.4 Å². The Hall–Kier alpha value is -4.74. The maximum absolute atomic E-state index is 13.7. The molecular weight excluding hydrogens is 560 g/mol. The van der Waals surface area contributed by atoms with Crippen molar-refractivity contribution in [3.05, 3.63) is 87.8 Å². The number of rotatable bonds is 7. The number of carbonyl (C=O) groups excluding carboxylic acids is 3. The van der Waals surface area contributed by atoms with E-state index in [4.69, 9.17) is 20.2 Å². The maximum Gasteiger partial charge on any atom is 0.339 e. The second-order valence-corrected chi connectivity index (χ2v) is 11.2. The molecule has 9 nitrogen and oxygen atoms in total. The molecule has 0 aliphatic rings. The first-order valence-corrected chi connectivity index (χ1v) is 14.1. The molecule has 2 aromatic heterocycles. The van der Waals surface area contributed by atoms with Crippen LogP contribution in [0.3, 0.4) is 0 Å². The van der Waals surface area contributed by atoms with Crippen LogP contribution in [0.4, 0.5) is 22.1 Å². The molecular formula is C30H26N4O5S2. The second-order valence-electron chi connectivity index (χ2n) is 9.16. The van der Waals surface area contributed by atoms with Crippen LogP contribution in [0.2, 0.25) is 0 Å². The molecule has 3 aromatic carbocycles. The lowest BCUT2D eigenvalue weighted by Gasteiger charge is -2.11. The van der Waals surface area contributed by atoms with Crippen LogP contribution >= 0.6 is 22.7 Å². The summed E-state index contributed by atoms with van der Waals surface area (Å²) in [5.74, 6) is -1.86. The highest BCUT2D eigenvalue weighted by Crippen LogP contribution is 2.47. The predicted molar refractivity (Wildman–Crippen MR) is 164 cm³/mol. The van der Waals surface area contributed by atoms with Gasteiger partial charge in [0.2, 0.25) is 0 Å². The number of hydrogen-bond acceptors (Lipinski definition) is 10. The Morgan fingerprint density at radius 2 is 1.63 bits per heavy atom. The van der Waals surface area contributed by atoms with Gasteiger partial charge in [-0.05, 0) is 67.4 Å². The van der Waals surface area contributed by atoms with E-state index in [1.807, 2.05) is 56.3 Å². The van der Waals surface area contributed by atoms with Crippen molar-refractivity contribution in [1.29, 1.82) is 0 Å². The first-order chi connectivity index (χ1) is 19.7. The lowest BCUT2D eigenvalue weighted by Crippen LogP contribution is -2.16. The lowest BCUT2D eigenvalue weighted by atomic mass is 10.1. The number of nitrogen functional groups attached to an aromatic ring is 1. The van der Waals surface area contributed by atoms with Crippen molar-refractivity contribution in [2.75, 3.05) is 30.6 Å². The molecule has 0 fully saturated rings. The molecule has 41 heavy (non-hydrogen) atoms. The van der Waals surface area contributed by atoms with Gasteiger partial charge in [0, 0.05) is 5.69 Å². The Balaban J connectivity index is 1.59. The summed E-state index contributed by atoms with van der Waals surface area (Å²) in [6, 6.07) is 17.9. The van der Waals surface area contributed by atoms with Gasteiger partial charge < -0.3 is 25.8 Å². The number of amides is 1. The first kappa shape index (κ1) is 27.8. The zero-order chi connectivity index (χ0) is 29.3. The quantitative estimate of drug-likeness (QED) is 0.178. The number of thiophene rings is 1.